The van der Waals surface area contributed by atoms with E-state index in [4.69, 9.17) is 4.74 Å². The number of hydrogen-bond acceptors (Lipinski definition) is 7. The molecule has 158 valence electrons. The molecule has 1 atom stereocenters. The van der Waals surface area contributed by atoms with E-state index in [1.54, 1.807) is 18.2 Å². The van der Waals surface area contributed by atoms with Gasteiger partial charge in [-0.2, -0.15) is 0 Å². The molecule has 0 spiro atoms. The van der Waals surface area contributed by atoms with Crippen LogP contribution in [0.1, 0.15) is 12.5 Å². The maximum Gasteiger partial charge on any atom is 0.249 e. The Kier molecular flexibility index (Phi) is 6.37. The summed E-state index contributed by atoms with van der Waals surface area (Å²) in [5.41, 5.74) is 2.01. The number of rotatable bonds is 7. The fourth-order valence-electron chi connectivity index (χ4n) is 2.93. The molecule has 1 heterocycles. The molecular weight excluding hydrogens is 424 g/mol. The molecule has 0 radical (unpaired) electrons. The van der Waals surface area contributed by atoms with E-state index < -0.39 is 22.0 Å². The fraction of sp³-hybridized carbons (Fsp3) is 0.250. The zero-order valence-electron chi connectivity index (χ0n) is 17.0. The highest BCUT2D eigenvalue weighted by molar-refractivity contribution is 7.92. The van der Waals surface area contributed by atoms with Crippen LogP contribution in [0.4, 0.5) is 10.8 Å². The lowest BCUT2D eigenvalue weighted by molar-refractivity contribution is -0.116. The molecular formula is C20H22N4O4S2. The van der Waals surface area contributed by atoms with Gasteiger partial charge in [0.2, 0.25) is 21.1 Å². The monoisotopic (exact) mass is 446 g/mol. The summed E-state index contributed by atoms with van der Waals surface area (Å²) in [6.07, 6.45) is 1.05. The number of methoxy groups -OCH3 is 1. The molecule has 10 heteroatoms. The van der Waals surface area contributed by atoms with Gasteiger partial charge in [-0.15, -0.1) is 10.2 Å². The van der Waals surface area contributed by atoms with Crippen molar-refractivity contribution in [2.45, 2.75) is 19.9 Å². The lowest BCUT2D eigenvalue weighted by Gasteiger charge is -2.29. The van der Waals surface area contributed by atoms with Gasteiger partial charge < -0.3 is 4.74 Å². The van der Waals surface area contributed by atoms with Crippen molar-refractivity contribution < 1.29 is 17.9 Å². The first-order valence-electron chi connectivity index (χ1n) is 9.04. The van der Waals surface area contributed by atoms with Gasteiger partial charge in [0.25, 0.3) is 0 Å². The third-order valence-electron chi connectivity index (χ3n) is 4.34. The minimum Gasteiger partial charge on any atom is -0.495 e. The highest BCUT2D eigenvalue weighted by Crippen LogP contribution is 2.33. The van der Waals surface area contributed by atoms with Gasteiger partial charge in [-0.05, 0) is 31.5 Å². The van der Waals surface area contributed by atoms with Crippen LogP contribution in [0.5, 0.6) is 5.75 Å². The molecule has 3 rings (SSSR count). The first-order chi connectivity index (χ1) is 14.2. The van der Waals surface area contributed by atoms with Crippen molar-refractivity contribution >= 4 is 38.1 Å². The topological polar surface area (TPSA) is 101 Å². The van der Waals surface area contributed by atoms with Crippen LogP contribution in [0.2, 0.25) is 0 Å². The van der Waals surface area contributed by atoms with Crippen molar-refractivity contribution in [2.24, 2.45) is 0 Å². The van der Waals surface area contributed by atoms with Gasteiger partial charge in [-0.1, -0.05) is 47.7 Å². The Morgan fingerprint density at radius 1 is 1.17 bits per heavy atom. The summed E-state index contributed by atoms with van der Waals surface area (Å²) in [5.74, 6) is -0.173. The van der Waals surface area contributed by atoms with E-state index in [0.29, 0.717) is 16.4 Å². The van der Waals surface area contributed by atoms with Crippen molar-refractivity contribution in [3.63, 3.8) is 0 Å². The second-order valence-electron chi connectivity index (χ2n) is 6.68. The van der Waals surface area contributed by atoms with Gasteiger partial charge in [-0.25, -0.2) is 8.42 Å². The minimum atomic E-state index is -3.78. The van der Waals surface area contributed by atoms with E-state index in [2.05, 4.69) is 15.5 Å². The Bertz CT molecular complexity index is 1150. The summed E-state index contributed by atoms with van der Waals surface area (Å²) >= 11 is 1.21. The zero-order valence-corrected chi connectivity index (χ0v) is 18.6. The highest BCUT2D eigenvalue weighted by Gasteiger charge is 2.32. The molecule has 3 aromatic rings. The van der Waals surface area contributed by atoms with E-state index in [1.165, 1.54) is 25.4 Å². The maximum absolute atomic E-state index is 12.9. The average molecular weight is 447 g/mol. The number of sulfonamides is 1. The number of anilines is 2. The van der Waals surface area contributed by atoms with Gasteiger partial charge in [-0.3, -0.25) is 14.4 Å². The second kappa shape index (κ2) is 8.80. The van der Waals surface area contributed by atoms with E-state index in [-0.39, 0.29) is 5.13 Å². The molecule has 1 aromatic heterocycles. The van der Waals surface area contributed by atoms with Gasteiger partial charge in [0.15, 0.2) is 0 Å². The van der Waals surface area contributed by atoms with Crippen LogP contribution in [0.25, 0.3) is 10.6 Å². The molecule has 1 unspecified atom stereocenters. The number of nitrogens with zero attached hydrogens (tertiary/aromatic N) is 3. The van der Waals surface area contributed by atoms with Crippen LogP contribution in [0.3, 0.4) is 0 Å². The smallest absolute Gasteiger partial charge is 0.249 e. The SMILES string of the molecule is COc1ccc(C)cc1N(C(C)C(=O)Nc1nnc(-c2ccccc2)s1)S(C)(=O)=O. The molecule has 2 aromatic carbocycles. The van der Waals surface area contributed by atoms with E-state index in [9.17, 15) is 13.2 Å². The molecule has 30 heavy (non-hydrogen) atoms. The van der Waals surface area contributed by atoms with Crippen LogP contribution in [0.15, 0.2) is 48.5 Å². The Hall–Kier alpha value is -2.98. The van der Waals surface area contributed by atoms with E-state index >= 15 is 0 Å². The number of carbonyl (C=O) groups is 1. The highest BCUT2D eigenvalue weighted by atomic mass is 32.2. The Balaban J connectivity index is 1.87. The molecule has 1 N–H and O–H groups in total. The largest absolute Gasteiger partial charge is 0.495 e. The number of aromatic nitrogens is 2. The number of ether oxygens (including phenoxy) is 1. The predicted octanol–water partition coefficient (Wildman–Crippen LogP) is 3.32. The van der Waals surface area contributed by atoms with E-state index in [1.807, 2.05) is 37.3 Å². The number of nitrogens with one attached hydrogen (secondary N) is 1. The summed E-state index contributed by atoms with van der Waals surface area (Å²) < 4.78 is 31.5. The van der Waals surface area contributed by atoms with Crippen molar-refractivity contribution in [3.05, 3.63) is 54.1 Å². The molecule has 0 bridgehead atoms. The second-order valence-corrected chi connectivity index (χ2v) is 9.51. The predicted molar refractivity (Wildman–Crippen MR) is 118 cm³/mol. The molecule has 0 aliphatic carbocycles. The van der Waals surface area contributed by atoms with Crippen molar-refractivity contribution in [3.8, 4) is 16.3 Å². The maximum atomic E-state index is 12.9. The third-order valence-corrected chi connectivity index (χ3v) is 6.45. The normalized spacial score (nSPS) is 12.3. The van der Waals surface area contributed by atoms with Crippen molar-refractivity contribution in [1.82, 2.24) is 10.2 Å². The van der Waals surface area contributed by atoms with Gasteiger partial charge in [0.05, 0.1) is 19.1 Å². The third kappa shape index (κ3) is 4.77. The lowest BCUT2D eigenvalue weighted by atomic mass is 10.2. The molecule has 8 nitrogen and oxygen atoms in total. The van der Waals surface area contributed by atoms with E-state index in [0.717, 1.165) is 21.7 Å². The molecule has 0 aliphatic heterocycles. The molecule has 0 aliphatic rings. The van der Waals surface area contributed by atoms with Gasteiger partial charge in [0.1, 0.15) is 16.8 Å². The number of carbonyl (C=O) groups excluding carboxylic acids is 1. The summed E-state index contributed by atoms with van der Waals surface area (Å²) in [5, 5.41) is 11.7. The summed E-state index contributed by atoms with van der Waals surface area (Å²) in [4.78, 5) is 12.9. The number of aryl methyl sites for hydroxylation is 1. The van der Waals surface area contributed by atoms with Gasteiger partial charge in [0, 0.05) is 5.56 Å². The van der Waals surface area contributed by atoms with Crippen molar-refractivity contribution in [1.29, 1.82) is 0 Å². The van der Waals surface area contributed by atoms with Crippen LogP contribution >= 0.6 is 11.3 Å². The first-order valence-corrected chi connectivity index (χ1v) is 11.7. The van der Waals surface area contributed by atoms with Crippen LogP contribution in [0, 0.1) is 6.92 Å². The molecule has 0 saturated carbocycles. The Morgan fingerprint density at radius 3 is 2.50 bits per heavy atom. The lowest BCUT2D eigenvalue weighted by Crippen LogP contribution is -2.45. The number of hydrogen-bond donors (Lipinski definition) is 1. The van der Waals surface area contributed by atoms with Crippen molar-refractivity contribution in [2.75, 3.05) is 23.0 Å². The van der Waals surface area contributed by atoms with Crippen LogP contribution in [-0.4, -0.2) is 43.9 Å². The summed E-state index contributed by atoms with van der Waals surface area (Å²) in [6.45, 7) is 3.35. The number of amides is 1. The van der Waals surface area contributed by atoms with Crippen LogP contribution < -0.4 is 14.4 Å². The first kappa shape index (κ1) is 21.7. The van der Waals surface area contributed by atoms with Crippen LogP contribution in [-0.2, 0) is 14.8 Å². The summed E-state index contributed by atoms with van der Waals surface area (Å²) in [6, 6.07) is 13.6. The van der Waals surface area contributed by atoms with Gasteiger partial charge >= 0.3 is 0 Å². The molecule has 0 saturated heterocycles. The standard InChI is InChI=1S/C20H22N4O4S2/c1-13-10-11-17(28-3)16(12-13)24(30(4,26)27)14(2)18(25)21-20-23-22-19(29-20)15-8-6-5-7-9-15/h5-12,14H,1-4H3,(H,21,23,25). The zero-order chi connectivity index (χ0) is 21.9. The average Bonchev–Trinajstić information content (AvgIpc) is 3.16. The summed E-state index contributed by atoms with van der Waals surface area (Å²) in [7, 11) is -2.33. The molecule has 1 amide bonds. The minimum absolute atomic E-state index is 0.287. The Morgan fingerprint density at radius 2 is 1.87 bits per heavy atom. The molecule has 0 fully saturated rings. The quantitative estimate of drug-likeness (QED) is 0.597. The fourth-order valence-corrected chi connectivity index (χ4v) is 4.86. The Labute approximate surface area is 179 Å². The number of benzene rings is 2.